The molecule has 1 aliphatic rings. The fourth-order valence-corrected chi connectivity index (χ4v) is 5.09. The van der Waals surface area contributed by atoms with Crippen LogP contribution in [0.1, 0.15) is 39.5 Å². The summed E-state index contributed by atoms with van der Waals surface area (Å²) in [7, 11) is 0. The van der Waals surface area contributed by atoms with Crippen molar-refractivity contribution in [2.75, 3.05) is 0 Å². The summed E-state index contributed by atoms with van der Waals surface area (Å²) in [5.74, 6) is -1.48. The minimum absolute atomic E-state index is 0.123. The molecule has 39 heavy (non-hydrogen) atoms. The summed E-state index contributed by atoms with van der Waals surface area (Å²) < 4.78 is 27.8. The molecule has 4 aromatic carbocycles. The Kier molecular flexibility index (Phi) is 6.11. The van der Waals surface area contributed by atoms with E-state index in [2.05, 4.69) is 10.1 Å². The average molecular weight is 520 g/mol. The molecular weight excluding hydrogens is 496 g/mol. The predicted octanol–water partition coefficient (Wildman–Crippen LogP) is 6.77. The number of hydrogen-bond acceptors (Lipinski definition) is 3. The monoisotopic (exact) mass is 519 g/mol. The van der Waals surface area contributed by atoms with Crippen molar-refractivity contribution in [2.24, 2.45) is 5.10 Å². The van der Waals surface area contributed by atoms with Crippen LogP contribution in [0.4, 0.5) is 8.78 Å². The number of hydrazone groups is 1. The number of rotatable bonds is 4. The van der Waals surface area contributed by atoms with E-state index in [1.807, 2.05) is 55.5 Å². The molecule has 0 aliphatic carbocycles. The van der Waals surface area contributed by atoms with Gasteiger partial charge in [-0.3, -0.25) is 9.59 Å². The molecule has 0 fully saturated rings. The highest BCUT2D eigenvalue weighted by Gasteiger charge is 2.36. The van der Waals surface area contributed by atoms with Crippen molar-refractivity contribution in [3.05, 3.63) is 141 Å². The van der Waals surface area contributed by atoms with E-state index < -0.39 is 23.6 Å². The number of amides is 1. The molecule has 0 radical (unpaired) electrons. The van der Waals surface area contributed by atoms with Gasteiger partial charge in [0.1, 0.15) is 11.6 Å². The van der Waals surface area contributed by atoms with Crippen LogP contribution in [0.3, 0.4) is 0 Å². The van der Waals surface area contributed by atoms with Gasteiger partial charge < -0.3 is 4.98 Å². The van der Waals surface area contributed by atoms with Crippen LogP contribution in [0.25, 0.3) is 22.0 Å². The number of carbonyl (C=O) groups excluding carboxylic acids is 1. The van der Waals surface area contributed by atoms with Crippen LogP contribution in [-0.4, -0.2) is 21.6 Å². The van der Waals surface area contributed by atoms with Gasteiger partial charge in [-0.25, -0.2) is 13.8 Å². The zero-order chi connectivity index (χ0) is 27.1. The van der Waals surface area contributed by atoms with E-state index in [1.54, 1.807) is 12.1 Å². The van der Waals surface area contributed by atoms with E-state index in [0.29, 0.717) is 27.9 Å². The predicted molar refractivity (Wildman–Crippen MR) is 148 cm³/mol. The second-order valence-electron chi connectivity index (χ2n) is 9.59. The Morgan fingerprint density at radius 2 is 1.62 bits per heavy atom. The van der Waals surface area contributed by atoms with E-state index in [-0.39, 0.29) is 17.5 Å². The van der Waals surface area contributed by atoms with Crippen molar-refractivity contribution in [3.63, 3.8) is 0 Å². The summed E-state index contributed by atoms with van der Waals surface area (Å²) in [6.07, 6.45) is 0.215. The van der Waals surface area contributed by atoms with Crippen LogP contribution in [0.2, 0.25) is 0 Å². The lowest BCUT2D eigenvalue weighted by Gasteiger charge is -2.22. The molecule has 1 N–H and O–H groups in total. The molecule has 1 amide bonds. The Labute approximate surface area is 223 Å². The Morgan fingerprint density at radius 3 is 2.36 bits per heavy atom. The number of pyridine rings is 1. The number of aromatic nitrogens is 1. The standard InChI is InChI=1S/C32H23F2N3O2/c1-19-9-11-21(12-10-19)29-25-7-2-3-8-26(25)35-31(38)30(29)27-18-28(20-13-15-23(33)16-14-20)37(36-27)32(39)22-5-4-6-24(34)17-22/h2-17,28H,18H2,1H3,(H,35,38)/t28-/m1/s1. The molecule has 6 rings (SSSR count). The molecule has 0 spiro atoms. The average Bonchev–Trinajstić information content (AvgIpc) is 3.37. The van der Waals surface area contributed by atoms with Crippen LogP contribution in [0.5, 0.6) is 0 Å². The van der Waals surface area contributed by atoms with Crippen LogP contribution in [0.15, 0.2) is 107 Å². The van der Waals surface area contributed by atoms with Gasteiger partial charge in [-0.1, -0.05) is 66.2 Å². The van der Waals surface area contributed by atoms with Crippen LogP contribution in [-0.2, 0) is 0 Å². The SMILES string of the molecule is Cc1ccc(-c2c(C3=NN(C(=O)c4cccc(F)c4)[C@@H](c4ccc(F)cc4)C3)c(=O)[nH]c3ccccc23)cc1. The number of nitrogens with one attached hydrogen (secondary N) is 1. The van der Waals surface area contributed by atoms with Crippen LogP contribution >= 0.6 is 0 Å². The fourth-order valence-electron chi connectivity index (χ4n) is 5.09. The number of nitrogens with zero attached hydrogens (tertiary/aromatic N) is 2. The van der Waals surface area contributed by atoms with Crippen molar-refractivity contribution in [3.8, 4) is 11.1 Å². The van der Waals surface area contributed by atoms with Gasteiger partial charge in [0.2, 0.25) is 0 Å². The first-order valence-electron chi connectivity index (χ1n) is 12.5. The molecule has 2 heterocycles. The van der Waals surface area contributed by atoms with E-state index in [1.165, 1.54) is 35.3 Å². The zero-order valence-electron chi connectivity index (χ0n) is 21.0. The first kappa shape index (κ1) is 24.4. The summed E-state index contributed by atoms with van der Waals surface area (Å²) in [4.78, 5) is 30.2. The maximum Gasteiger partial charge on any atom is 0.274 e. The lowest BCUT2D eigenvalue weighted by Crippen LogP contribution is -2.27. The minimum atomic E-state index is -0.617. The number of carbonyl (C=O) groups is 1. The molecule has 7 heteroatoms. The van der Waals surface area contributed by atoms with Crippen molar-refractivity contribution < 1.29 is 13.6 Å². The number of aromatic amines is 1. The Morgan fingerprint density at radius 1 is 0.872 bits per heavy atom. The van der Waals surface area contributed by atoms with Gasteiger partial charge in [0.25, 0.3) is 11.5 Å². The lowest BCUT2D eigenvalue weighted by molar-refractivity contribution is 0.0710. The largest absolute Gasteiger partial charge is 0.321 e. The molecule has 5 nitrogen and oxygen atoms in total. The highest BCUT2D eigenvalue weighted by Crippen LogP contribution is 2.37. The second kappa shape index (κ2) is 9.76. The highest BCUT2D eigenvalue weighted by atomic mass is 19.1. The lowest BCUT2D eigenvalue weighted by atomic mass is 9.90. The number of halogens is 2. The first-order chi connectivity index (χ1) is 18.9. The van der Waals surface area contributed by atoms with Crippen LogP contribution < -0.4 is 5.56 Å². The number of H-pyrrole nitrogens is 1. The molecule has 1 aromatic heterocycles. The number of aryl methyl sites for hydroxylation is 1. The molecule has 0 bridgehead atoms. The van der Waals surface area contributed by atoms with Crippen molar-refractivity contribution in [1.82, 2.24) is 9.99 Å². The van der Waals surface area contributed by atoms with Crippen molar-refractivity contribution in [2.45, 2.75) is 19.4 Å². The Hall–Kier alpha value is -4.91. The molecule has 0 unspecified atom stereocenters. The van der Waals surface area contributed by atoms with Crippen LogP contribution in [0, 0.1) is 18.6 Å². The highest BCUT2D eigenvalue weighted by molar-refractivity contribution is 6.13. The molecular formula is C32H23F2N3O2. The van der Waals surface area contributed by atoms with Gasteiger partial charge >= 0.3 is 0 Å². The number of fused-ring (bicyclic) bond motifs is 1. The molecule has 0 saturated carbocycles. The molecule has 1 aliphatic heterocycles. The summed E-state index contributed by atoms with van der Waals surface area (Å²) in [6.45, 7) is 1.99. The Balaban J connectivity index is 1.56. The minimum Gasteiger partial charge on any atom is -0.321 e. The van der Waals surface area contributed by atoms with Gasteiger partial charge in [0.05, 0.1) is 17.3 Å². The maximum absolute atomic E-state index is 14.0. The van der Waals surface area contributed by atoms with E-state index in [4.69, 9.17) is 0 Å². The van der Waals surface area contributed by atoms with Crippen molar-refractivity contribution in [1.29, 1.82) is 0 Å². The van der Waals surface area contributed by atoms with Crippen molar-refractivity contribution >= 4 is 22.5 Å². The van der Waals surface area contributed by atoms with Gasteiger partial charge in [0, 0.05) is 28.5 Å². The molecule has 0 saturated heterocycles. The second-order valence-corrected chi connectivity index (χ2v) is 9.59. The number of hydrogen-bond donors (Lipinski definition) is 1. The molecule has 1 atom stereocenters. The maximum atomic E-state index is 14.0. The summed E-state index contributed by atoms with van der Waals surface area (Å²) in [6, 6.07) is 26.0. The number of para-hydroxylation sites is 1. The third kappa shape index (κ3) is 4.52. The van der Waals surface area contributed by atoms with Gasteiger partial charge in [0.15, 0.2) is 0 Å². The first-order valence-corrected chi connectivity index (χ1v) is 12.5. The zero-order valence-corrected chi connectivity index (χ0v) is 21.0. The summed E-state index contributed by atoms with van der Waals surface area (Å²) in [5.41, 5.74) is 4.53. The number of benzene rings is 4. The third-order valence-electron chi connectivity index (χ3n) is 7.00. The Bertz CT molecular complexity index is 1810. The smallest absolute Gasteiger partial charge is 0.274 e. The van der Waals surface area contributed by atoms with E-state index in [9.17, 15) is 18.4 Å². The van der Waals surface area contributed by atoms with E-state index in [0.717, 1.165) is 22.6 Å². The topological polar surface area (TPSA) is 65.5 Å². The quantitative estimate of drug-likeness (QED) is 0.285. The van der Waals surface area contributed by atoms with E-state index >= 15 is 0 Å². The molecule has 5 aromatic rings. The fraction of sp³-hybridized carbons (Fsp3) is 0.0938. The van der Waals surface area contributed by atoms with Gasteiger partial charge in [-0.05, 0) is 54.4 Å². The summed E-state index contributed by atoms with van der Waals surface area (Å²) in [5, 5.41) is 6.79. The summed E-state index contributed by atoms with van der Waals surface area (Å²) >= 11 is 0. The normalized spacial score (nSPS) is 15.0. The van der Waals surface area contributed by atoms with Gasteiger partial charge in [-0.2, -0.15) is 5.10 Å². The molecule has 192 valence electrons. The van der Waals surface area contributed by atoms with Gasteiger partial charge in [-0.15, -0.1) is 0 Å². The third-order valence-corrected chi connectivity index (χ3v) is 7.00.